The van der Waals surface area contributed by atoms with Gasteiger partial charge in [0, 0.05) is 19.5 Å². The van der Waals surface area contributed by atoms with Gasteiger partial charge in [-0.2, -0.15) is 0 Å². The number of urea groups is 2. The Morgan fingerprint density at radius 3 is 1.46 bits per heavy atom. The molecule has 13 heteroatoms. The number of carbonyl (C=O) groups is 6. The summed E-state index contributed by atoms with van der Waals surface area (Å²) in [5.41, 5.74) is -0.812. The molecule has 8 amide bonds. The van der Waals surface area contributed by atoms with Gasteiger partial charge in [-0.25, -0.2) is 0 Å². The fraction of sp³-hybridized carbons (Fsp3) is 0.714. The first kappa shape index (κ1) is 38.5. The first-order valence-corrected chi connectivity index (χ1v) is 14.1. The maximum Gasteiger partial charge on any atom is 0.164 e. The zero-order chi connectivity index (χ0) is 30.3. The van der Waals surface area contributed by atoms with Gasteiger partial charge in [-0.05, 0) is 32.6 Å². The van der Waals surface area contributed by atoms with Crippen molar-refractivity contribution in [1.82, 2.24) is 10.6 Å². The van der Waals surface area contributed by atoms with Crippen LogP contribution >= 0.6 is 0 Å². The first-order chi connectivity index (χ1) is 18.9. The molecule has 0 aliphatic carbocycles. The number of hydrogen-bond acceptors (Lipinski definition) is 6. The van der Waals surface area contributed by atoms with Gasteiger partial charge >= 0.3 is 0 Å². The summed E-state index contributed by atoms with van der Waals surface area (Å²) in [5.74, 6) is -1.42. The Bertz CT molecular complexity index is 856. The van der Waals surface area contributed by atoms with Gasteiger partial charge in [0.1, 0.15) is 0 Å². The summed E-state index contributed by atoms with van der Waals surface area (Å²) in [4.78, 5) is 66.8. The van der Waals surface area contributed by atoms with Crippen molar-refractivity contribution < 1.29 is 48.2 Å². The zero-order valence-corrected chi connectivity index (χ0v) is 28.3. The third-order valence-electron chi connectivity index (χ3n) is 7.54. The minimum Gasteiger partial charge on any atom is -0.662 e. The molecule has 3 saturated heterocycles. The van der Waals surface area contributed by atoms with Crippen LogP contribution in [0.2, 0.25) is 0 Å². The molecule has 2 N–H and O–H groups in total. The van der Waals surface area contributed by atoms with E-state index in [1.807, 2.05) is 10.6 Å². The SMILES string of the molecule is CC1=CCC[N-]C1.CC1CCC[N-]C1.CCC1(CC)C(=O)[N-]C(=O)NC1=O.CCC1(CC)C(=O)[N-]C(=O)NC1=O.[Zn]. The monoisotopic (exact) mass is 624 g/mol. The predicted molar refractivity (Wildman–Crippen MR) is 153 cm³/mol. The van der Waals surface area contributed by atoms with E-state index >= 15 is 0 Å². The van der Waals surface area contributed by atoms with Gasteiger partial charge in [-0.1, -0.05) is 71.4 Å². The summed E-state index contributed by atoms with van der Waals surface area (Å²) in [7, 11) is 0. The minimum atomic E-state index is -1.12. The van der Waals surface area contributed by atoms with Gasteiger partial charge < -0.3 is 31.9 Å². The maximum absolute atomic E-state index is 11.4. The molecule has 0 radical (unpaired) electrons. The van der Waals surface area contributed by atoms with Crippen LogP contribution < -0.4 is 10.6 Å². The van der Waals surface area contributed by atoms with E-state index in [1.165, 1.54) is 18.4 Å². The molecule has 0 bridgehead atoms. The standard InChI is InChI=1S/2C8H12N2O3.C6H12N.C6H10N.Zn/c2*1-3-8(4-2)5(11)9-7(13)10-6(8)12;2*1-6-3-2-4-7-5-6;/h2*3-4H2,1-2H3,(H2,9,10,11,12,13);6H,2-5H2,1H3;3H,2,4-5H2,1H3;/q;;2*-1;/p-2. The Morgan fingerprint density at radius 1 is 0.780 bits per heavy atom. The molecule has 4 rings (SSSR count). The second kappa shape index (κ2) is 18.8. The number of piperidine rings is 1. The average molecular weight is 626 g/mol. The number of nitrogens with zero attached hydrogens (tertiary/aromatic N) is 4. The third-order valence-corrected chi connectivity index (χ3v) is 7.54. The summed E-state index contributed by atoms with van der Waals surface area (Å²) in [6, 6.07) is -1.71. The van der Waals surface area contributed by atoms with Crippen molar-refractivity contribution in [2.24, 2.45) is 16.7 Å². The Balaban J connectivity index is 0.000000536. The van der Waals surface area contributed by atoms with Crippen molar-refractivity contribution in [3.05, 3.63) is 32.9 Å². The van der Waals surface area contributed by atoms with E-state index in [-0.39, 0.29) is 19.5 Å². The number of barbiturate groups is 2. The van der Waals surface area contributed by atoms with Crippen molar-refractivity contribution in [3.8, 4) is 0 Å². The molecular formula is C28H44N6O6Zn-4. The van der Waals surface area contributed by atoms with Crippen LogP contribution in [0.5, 0.6) is 0 Å². The van der Waals surface area contributed by atoms with E-state index in [9.17, 15) is 28.8 Å². The van der Waals surface area contributed by atoms with Crippen molar-refractivity contribution in [2.45, 2.75) is 86.5 Å². The third kappa shape index (κ3) is 11.0. The smallest absolute Gasteiger partial charge is 0.164 e. The Morgan fingerprint density at radius 2 is 1.24 bits per heavy atom. The Labute approximate surface area is 256 Å². The number of carbonyl (C=O) groups excluding carboxylic acids is 6. The van der Waals surface area contributed by atoms with E-state index in [0.29, 0.717) is 25.7 Å². The molecule has 1 unspecified atom stereocenters. The molecule has 0 aromatic rings. The first-order valence-electron chi connectivity index (χ1n) is 14.1. The molecule has 0 spiro atoms. The predicted octanol–water partition coefficient (Wildman–Crippen LogP) is 5.38. The molecule has 41 heavy (non-hydrogen) atoms. The fourth-order valence-electron chi connectivity index (χ4n) is 4.51. The molecule has 1 atom stereocenters. The quantitative estimate of drug-likeness (QED) is 0.240. The van der Waals surface area contributed by atoms with Crippen LogP contribution in [0.15, 0.2) is 11.6 Å². The molecule has 0 aromatic carbocycles. The number of nitrogens with one attached hydrogen (secondary N) is 2. The van der Waals surface area contributed by atoms with E-state index in [0.717, 1.165) is 38.5 Å². The van der Waals surface area contributed by atoms with Gasteiger partial charge in [0.2, 0.25) is 0 Å². The molecule has 4 heterocycles. The van der Waals surface area contributed by atoms with E-state index in [4.69, 9.17) is 0 Å². The van der Waals surface area contributed by atoms with Crippen LogP contribution in [0.1, 0.15) is 86.5 Å². The number of hydrogen-bond donors (Lipinski definition) is 2. The van der Waals surface area contributed by atoms with Gasteiger partial charge in [0.15, 0.2) is 35.7 Å². The van der Waals surface area contributed by atoms with Gasteiger partial charge in [0.25, 0.3) is 0 Å². The number of rotatable bonds is 4. The second-order valence-electron chi connectivity index (χ2n) is 10.3. The van der Waals surface area contributed by atoms with Gasteiger partial charge in [-0.3, -0.25) is 28.8 Å². The molecule has 228 valence electrons. The van der Waals surface area contributed by atoms with Crippen molar-refractivity contribution in [1.29, 1.82) is 0 Å². The molecular weight excluding hydrogens is 582 g/mol. The number of imide groups is 4. The van der Waals surface area contributed by atoms with Crippen LogP contribution in [0.3, 0.4) is 0 Å². The molecule has 0 saturated carbocycles. The number of amides is 8. The van der Waals surface area contributed by atoms with E-state index < -0.39 is 46.5 Å². The summed E-state index contributed by atoms with van der Waals surface area (Å²) >= 11 is 0. The van der Waals surface area contributed by atoms with Crippen LogP contribution in [0.25, 0.3) is 21.3 Å². The zero-order valence-electron chi connectivity index (χ0n) is 25.4. The maximum atomic E-state index is 11.4. The van der Waals surface area contributed by atoms with Crippen LogP contribution in [0.4, 0.5) is 9.59 Å². The van der Waals surface area contributed by atoms with Crippen LogP contribution in [0, 0.1) is 16.7 Å². The van der Waals surface area contributed by atoms with Crippen molar-refractivity contribution in [3.63, 3.8) is 0 Å². The summed E-state index contributed by atoms with van der Waals surface area (Å²) in [6.45, 7) is 15.5. The van der Waals surface area contributed by atoms with Crippen molar-refractivity contribution >= 4 is 35.7 Å². The average Bonchev–Trinajstić information content (AvgIpc) is 2.91. The summed E-state index contributed by atoms with van der Waals surface area (Å²) < 4.78 is 0. The van der Waals surface area contributed by atoms with Gasteiger partial charge in [0.05, 0.1) is 10.8 Å². The molecule has 4 aliphatic rings. The second-order valence-corrected chi connectivity index (χ2v) is 10.3. The van der Waals surface area contributed by atoms with Crippen molar-refractivity contribution in [2.75, 3.05) is 26.2 Å². The van der Waals surface area contributed by atoms with Crippen LogP contribution in [-0.2, 0) is 38.7 Å². The van der Waals surface area contributed by atoms with E-state index in [1.54, 1.807) is 27.7 Å². The Hall–Kier alpha value is -2.50. The molecule has 4 aliphatic heterocycles. The van der Waals surface area contributed by atoms with E-state index in [2.05, 4.69) is 41.2 Å². The largest absolute Gasteiger partial charge is 0.662 e. The molecule has 3 fully saturated rings. The normalized spacial score (nSPS) is 22.6. The summed E-state index contributed by atoms with van der Waals surface area (Å²) in [5, 5.41) is 19.0. The molecule has 0 aromatic heterocycles. The van der Waals surface area contributed by atoms with Crippen LogP contribution in [-0.4, -0.2) is 61.9 Å². The minimum absolute atomic E-state index is 0. The topological polar surface area (TPSA) is 183 Å². The Kier molecular flexibility index (Phi) is 17.7. The summed E-state index contributed by atoms with van der Waals surface area (Å²) in [6.07, 6.45) is 7.59. The molecule has 12 nitrogen and oxygen atoms in total. The van der Waals surface area contributed by atoms with Gasteiger partial charge in [-0.15, -0.1) is 26.2 Å². The fourth-order valence-corrected chi connectivity index (χ4v) is 4.51.